The van der Waals surface area contributed by atoms with Crippen molar-refractivity contribution in [1.29, 1.82) is 0 Å². The third-order valence-electron chi connectivity index (χ3n) is 2.62. The number of aromatic nitrogens is 1. The van der Waals surface area contributed by atoms with E-state index < -0.39 is 17.9 Å². The van der Waals surface area contributed by atoms with Gasteiger partial charge in [0, 0.05) is 17.2 Å². The Morgan fingerprint density at radius 1 is 1.50 bits per heavy atom. The number of nitrogens with zero attached hydrogens (tertiary/aromatic N) is 2. The smallest absolute Gasteiger partial charge is 0.328 e. The summed E-state index contributed by atoms with van der Waals surface area (Å²) in [6.07, 6.45) is 1.50. The Morgan fingerprint density at radius 2 is 2.28 bits per heavy atom. The summed E-state index contributed by atoms with van der Waals surface area (Å²) < 4.78 is 5.84. The lowest BCUT2D eigenvalue weighted by atomic mass is 10.2. The number of carboxylic acid groups (broad SMARTS) is 1. The normalized spacial score (nSPS) is 19.6. The van der Waals surface area contributed by atoms with Crippen molar-refractivity contribution in [2.75, 3.05) is 19.8 Å². The Morgan fingerprint density at radius 3 is 2.89 bits per heavy atom. The first kappa shape index (κ1) is 13.0. The molecule has 1 N–H and O–H groups in total. The molecule has 2 rings (SSSR count). The molecule has 0 aliphatic carbocycles. The van der Waals surface area contributed by atoms with E-state index in [1.54, 1.807) is 12.1 Å². The lowest BCUT2D eigenvalue weighted by molar-refractivity contribution is -0.147. The summed E-state index contributed by atoms with van der Waals surface area (Å²) in [6, 6.07) is 2.30. The summed E-state index contributed by atoms with van der Waals surface area (Å²) in [4.78, 5) is 28.5. The number of pyridine rings is 1. The number of carboxylic acids is 1. The zero-order valence-corrected chi connectivity index (χ0v) is 11.0. The molecule has 0 aromatic carbocycles. The van der Waals surface area contributed by atoms with Crippen molar-refractivity contribution in [3.8, 4) is 0 Å². The molecule has 0 saturated carbocycles. The molecule has 1 aliphatic heterocycles. The molecule has 0 spiro atoms. The van der Waals surface area contributed by atoms with Crippen LogP contribution in [-0.4, -0.2) is 52.7 Å². The van der Waals surface area contributed by atoms with Gasteiger partial charge in [0.05, 0.1) is 13.2 Å². The average Bonchev–Trinajstić information content (AvgIpc) is 2.39. The van der Waals surface area contributed by atoms with E-state index in [0.717, 1.165) is 4.47 Å². The van der Waals surface area contributed by atoms with Crippen LogP contribution < -0.4 is 0 Å². The molecule has 0 bridgehead atoms. The van der Waals surface area contributed by atoms with E-state index >= 15 is 0 Å². The highest BCUT2D eigenvalue weighted by molar-refractivity contribution is 9.10. The van der Waals surface area contributed by atoms with Gasteiger partial charge in [0.15, 0.2) is 6.04 Å². The van der Waals surface area contributed by atoms with Crippen LogP contribution >= 0.6 is 15.9 Å². The van der Waals surface area contributed by atoms with Crippen LogP contribution in [0.5, 0.6) is 0 Å². The molecule has 96 valence electrons. The van der Waals surface area contributed by atoms with Crippen LogP contribution in [0.3, 0.4) is 0 Å². The molecule has 1 aromatic rings. The topological polar surface area (TPSA) is 79.7 Å². The van der Waals surface area contributed by atoms with Gasteiger partial charge in [-0.1, -0.05) is 0 Å². The largest absolute Gasteiger partial charge is 0.480 e. The standard InChI is InChI=1S/C11H11BrN2O4/c12-7-1-2-8(13-5-7)10(15)14-3-4-18-6-9(14)11(16)17/h1-2,5,9H,3-4,6H2,(H,16,17)/t9-/m1/s1. The number of aliphatic carboxylic acids is 1. The van der Waals surface area contributed by atoms with Gasteiger partial charge in [0.25, 0.3) is 5.91 Å². The van der Waals surface area contributed by atoms with Gasteiger partial charge in [-0.25, -0.2) is 9.78 Å². The molecule has 1 atom stereocenters. The van der Waals surface area contributed by atoms with Crippen molar-refractivity contribution in [2.24, 2.45) is 0 Å². The van der Waals surface area contributed by atoms with E-state index in [-0.39, 0.29) is 18.8 Å². The van der Waals surface area contributed by atoms with Crippen molar-refractivity contribution in [2.45, 2.75) is 6.04 Å². The zero-order valence-electron chi connectivity index (χ0n) is 9.38. The molecule has 2 heterocycles. The van der Waals surface area contributed by atoms with E-state index in [1.165, 1.54) is 11.1 Å². The fourth-order valence-corrected chi connectivity index (χ4v) is 1.94. The van der Waals surface area contributed by atoms with E-state index in [4.69, 9.17) is 9.84 Å². The minimum atomic E-state index is -1.07. The summed E-state index contributed by atoms with van der Waals surface area (Å²) >= 11 is 3.22. The second-order valence-electron chi connectivity index (χ2n) is 3.79. The number of hydrogen-bond acceptors (Lipinski definition) is 4. The summed E-state index contributed by atoms with van der Waals surface area (Å²) in [5, 5.41) is 9.05. The molecular formula is C11H11BrN2O4. The molecule has 7 heteroatoms. The van der Waals surface area contributed by atoms with Crippen LogP contribution in [0.1, 0.15) is 10.5 Å². The Labute approximate surface area is 112 Å². The SMILES string of the molecule is O=C(O)[C@H]1COCCN1C(=O)c1ccc(Br)cn1. The predicted octanol–water partition coefficient (Wildman–Crippen LogP) is 0.770. The van der Waals surface area contributed by atoms with Crippen molar-refractivity contribution < 1.29 is 19.4 Å². The Kier molecular flexibility index (Phi) is 3.93. The van der Waals surface area contributed by atoms with Crippen LogP contribution in [0, 0.1) is 0 Å². The van der Waals surface area contributed by atoms with Gasteiger partial charge in [-0.05, 0) is 28.1 Å². The van der Waals surface area contributed by atoms with Crippen LogP contribution in [0.15, 0.2) is 22.8 Å². The molecule has 1 aliphatic rings. The number of halogens is 1. The zero-order chi connectivity index (χ0) is 13.1. The number of carbonyl (C=O) groups is 2. The van der Waals surface area contributed by atoms with Gasteiger partial charge < -0.3 is 14.7 Å². The first-order valence-corrected chi connectivity index (χ1v) is 6.12. The van der Waals surface area contributed by atoms with Gasteiger partial charge in [-0.2, -0.15) is 0 Å². The van der Waals surface area contributed by atoms with Crippen LogP contribution in [0.4, 0.5) is 0 Å². The molecule has 0 radical (unpaired) electrons. The van der Waals surface area contributed by atoms with Gasteiger partial charge in [0.2, 0.25) is 0 Å². The summed E-state index contributed by atoms with van der Waals surface area (Å²) in [5.74, 6) is -1.46. The second-order valence-corrected chi connectivity index (χ2v) is 4.70. The van der Waals surface area contributed by atoms with Crippen molar-refractivity contribution in [3.63, 3.8) is 0 Å². The van der Waals surface area contributed by atoms with Crippen molar-refractivity contribution >= 4 is 27.8 Å². The first-order valence-electron chi connectivity index (χ1n) is 5.32. The third-order valence-corrected chi connectivity index (χ3v) is 3.09. The third kappa shape index (κ3) is 2.68. The fourth-order valence-electron chi connectivity index (χ4n) is 1.70. The van der Waals surface area contributed by atoms with E-state index in [2.05, 4.69) is 20.9 Å². The maximum Gasteiger partial charge on any atom is 0.328 e. The van der Waals surface area contributed by atoms with Gasteiger partial charge in [-0.3, -0.25) is 4.79 Å². The quantitative estimate of drug-likeness (QED) is 0.872. The van der Waals surface area contributed by atoms with E-state index in [9.17, 15) is 9.59 Å². The fraction of sp³-hybridized carbons (Fsp3) is 0.364. The highest BCUT2D eigenvalue weighted by Gasteiger charge is 2.33. The number of morpholine rings is 1. The Balaban J connectivity index is 2.20. The van der Waals surface area contributed by atoms with E-state index in [0.29, 0.717) is 6.61 Å². The predicted molar refractivity (Wildman–Crippen MR) is 65.2 cm³/mol. The maximum absolute atomic E-state index is 12.2. The lowest BCUT2D eigenvalue weighted by Gasteiger charge is -2.32. The number of hydrogen-bond donors (Lipinski definition) is 1. The number of carbonyl (C=O) groups excluding carboxylic acids is 1. The second kappa shape index (κ2) is 5.45. The summed E-state index contributed by atoms with van der Waals surface area (Å²) in [6.45, 7) is 0.608. The molecule has 1 saturated heterocycles. The van der Waals surface area contributed by atoms with Gasteiger partial charge in [-0.15, -0.1) is 0 Å². The Bertz CT molecular complexity index is 463. The monoisotopic (exact) mass is 314 g/mol. The highest BCUT2D eigenvalue weighted by atomic mass is 79.9. The number of ether oxygens (including phenoxy) is 1. The minimum absolute atomic E-state index is 0.0115. The summed E-state index contributed by atoms with van der Waals surface area (Å²) in [7, 11) is 0. The molecular weight excluding hydrogens is 304 g/mol. The molecule has 0 unspecified atom stereocenters. The Hall–Kier alpha value is -1.47. The number of rotatable bonds is 2. The first-order chi connectivity index (χ1) is 8.59. The molecule has 6 nitrogen and oxygen atoms in total. The van der Waals surface area contributed by atoms with Crippen LogP contribution in [0.25, 0.3) is 0 Å². The summed E-state index contributed by atoms with van der Waals surface area (Å²) in [5.41, 5.74) is 0.228. The van der Waals surface area contributed by atoms with Crippen LogP contribution in [0.2, 0.25) is 0 Å². The molecule has 1 fully saturated rings. The molecule has 1 aromatic heterocycles. The lowest BCUT2D eigenvalue weighted by Crippen LogP contribution is -2.52. The van der Waals surface area contributed by atoms with Gasteiger partial charge in [0.1, 0.15) is 5.69 Å². The van der Waals surface area contributed by atoms with Crippen molar-refractivity contribution in [3.05, 3.63) is 28.5 Å². The molecule has 18 heavy (non-hydrogen) atoms. The maximum atomic E-state index is 12.2. The number of amides is 1. The van der Waals surface area contributed by atoms with Crippen LogP contribution in [-0.2, 0) is 9.53 Å². The molecule has 1 amide bonds. The van der Waals surface area contributed by atoms with Gasteiger partial charge >= 0.3 is 5.97 Å². The minimum Gasteiger partial charge on any atom is -0.480 e. The highest BCUT2D eigenvalue weighted by Crippen LogP contribution is 2.13. The average molecular weight is 315 g/mol. The van der Waals surface area contributed by atoms with E-state index in [1.807, 2.05) is 0 Å². The van der Waals surface area contributed by atoms with Crippen molar-refractivity contribution in [1.82, 2.24) is 9.88 Å².